The predicted octanol–water partition coefficient (Wildman–Crippen LogP) is 5.47. The van der Waals surface area contributed by atoms with Crippen LogP contribution in [0.5, 0.6) is 5.75 Å². The predicted molar refractivity (Wildman–Crippen MR) is 113 cm³/mol. The molecule has 3 nitrogen and oxygen atoms in total. The first-order valence-electron chi connectivity index (χ1n) is 9.95. The minimum atomic E-state index is 0.000163. The van der Waals surface area contributed by atoms with Crippen LogP contribution >= 0.6 is 0 Å². The van der Waals surface area contributed by atoms with Gasteiger partial charge in [-0.25, -0.2) is 0 Å². The molecule has 2 aromatic carbocycles. The molecule has 0 aliphatic carbocycles. The number of rotatable bonds is 12. The van der Waals surface area contributed by atoms with E-state index in [-0.39, 0.29) is 5.78 Å². The molecule has 3 heteroatoms. The second-order valence-electron chi connectivity index (χ2n) is 6.68. The van der Waals surface area contributed by atoms with Crippen molar-refractivity contribution in [1.82, 2.24) is 4.90 Å². The van der Waals surface area contributed by atoms with Gasteiger partial charge in [-0.05, 0) is 68.3 Å². The van der Waals surface area contributed by atoms with Crippen LogP contribution in [0.3, 0.4) is 0 Å². The van der Waals surface area contributed by atoms with Gasteiger partial charge in [-0.1, -0.05) is 50.3 Å². The van der Waals surface area contributed by atoms with E-state index < -0.39 is 0 Å². The number of hydrogen-bond donors (Lipinski definition) is 0. The third-order valence-corrected chi connectivity index (χ3v) is 4.33. The lowest BCUT2D eigenvalue weighted by Gasteiger charge is -2.20. The van der Waals surface area contributed by atoms with E-state index in [1.54, 1.807) is 6.08 Å². The van der Waals surface area contributed by atoms with Crippen molar-refractivity contribution in [2.75, 3.05) is 26.2 Å². The number of benzene rings is 2. The Labute approximate surface area is 163 Å². The van der Waals surface area contributed by atoms with Crippen LogP contribution in [0.15, 0.2) is 60.7 Å². The zero-order valence-corrected chi connectivity index (χ0v) is 16.6. The minimum absolute atomic E-state index is 0.000163. The SMILES string of the molecule is CCCN(CCC)CCCOc1ccc(C(=O)/C=C/c2ccccc2)cc1. The zero-order chi connectivity index (χ0) is 19.3. The molecule has 0 saturated heterocycles. The van der Waals surface area contributed by atoms with Crippen molar-refractivity contribution < 1.29 is 9.53 Å². The molecule has 0 atom stereocenters. The summed E-state index contributed by atoms with van der Waals surface area (Å²) in [7, 11) is 0. The van der Waals surface area contributed by atoms with Gasteiger partial charge in [-0.3, -0.25) is 4.79 Å². The minimum Gasteiger partial charge on any atom is -0.494 e. The number of carbonyl (C=O) groups is 1. The summed E-state index contributed by atoms with van der Waals surface area (Å²) in [4.78, 5) is 14.7. The van der Waals surface area contributed by atoms with Crippen LogP contribution < -0.4 is 4.74 Å². The fraction of sp³-hybridized carbons (Fsp3) is 0.375. The lowest BCUT2D eigenvalue weighted by Crippen LogP contribution is -2.27. The molecule has 0 saturated carbocycles. The fourth-order valence-corrected chi connectivity index (χ4v) is 2.99. The van der Waals surface area contributed by atoms with Crippen LogP contribution in [0.4, 0.5) is 0 Å². The largest absolute Gasteiger partial charge is 0.494 e. The summed E-state index contributed by atoms with van der Waals surface area (Å²) in [5, 5.41) is 0. The number of ketones is 1. The summed E-state index contributed by atoms with van der Waals surface area (Å²) in [5.74, 6) is 0.816. The van der Waals surface area contributed by atoms with Crippen LogP contribution in [0.2, 0.25) is 0 Å². The van der Waals surface area contributed by atoms with E-state index in [0.29, 0.717) is 12.2 Å². The zero-order valence-electron chi connectivity index (χ0n) is 16.6. The van der Waals surface area contributed by atoms with Crippen molar-refractivity contribution in [3.63, 3.8) is 0 Å². The van der Waals surface area contributed by atoms with E-state index >= 15 is 0 Å². The van der Waals surface area contributed by atoms with Crippen LogP contribution in [-0.4, -0.2) is 36.9 Å². The maximum Gasteiger partial charge on any atom is 0.185 e. The molecule has 0 fully saturated rings. The average Bonchev–Trinajstić information content (AvgIpc) is 2.71. The van der Waals surface area contributed by atoms with Crippen LogP contribution in [0.1, 0.15) is 49.0 Å². The third kappa shape index (κ3) is 7.79. The summed E-state index contributed by atoms with van der Waals surface area (Å²) in [6.07, 6.45) is 6.84. The fourth-order valence-electron chi connectivity index (χ4n) is 2.99. The van der Waals surface area contributed by atoms with Crippen molar-refractivity contribution in [3.8, 4) is 5.75 Å². The molecular formula is C24H31NO2. The van der Waals surface area contributed by atoms with Gasteiger partial charge in [0.25, 0.3) is 0 Å². The highest BCUT2D eigenvalue weighted by molar-refractivity contribution is 6.06. The normalized spacial score (nSPS) is 11.2. The van der Waals surface area contributed by atoms with E-state index in [1.165, 1.54) is 12.8 Å². The van der Waals surface area contributed by atoms with Crippen molar-refractivity contribution in [2.24, 2.45) is 0 Å². The second kappa shape index (κ2) is 12.1. The molecule has 0 unspecified atom stereocenters. The van der Waals surface area contributed by atoms with Gasteiger partial charge >= 0.3 is 0 Å². The van der Waals surface area contributed by atoms with Crippen molar-refractivity contribution in [3.05, 3.63) is 71.8 Å². The standard InChI is InChI=1S/C24H31NO2/c1-3-17-25(18-4-2)19-8-20-27-23-14-12-22(13-15-23)24(26)16-11-21-9-6-5-7-10-21/h5-7,9-16H,3-4,8,17-20H2,1-2H3/b16-11+. The first-order chi connectivity index (χ1) is 13.2. The van der Waals surface area contributed by atoms with Gasteiger partial charge in [-0.15, -0.1) is 0 Å². The van der Waals surface area contributed by atoms with Gasteiger partial charge in [0.05, 0.1) is 6.61 Å². The Kier molecular flexibility index (Phi) is 9.36. The Morgan fingerprint density at radius 3 is 2.22 bits per heavy atom. The molecule has 27 heavy (non-hydrogen) atoms. The molecule has 0 aliphatic heterocycles. The van der Waals surface area contributed by atoms with Crippen molar-refractivity contribution in [1.29, 1.82) is 0 Å². The number of ether oxygens (including phenoxy) is 1. The van der Waals surface area contributed by atoms with E-state index in [4.69, 9.17) is 4.74 Å². The highest BCUT2D eigenvalue weighted by atomic mass is 16.5. The first kappa shape index (κ1) is 20.9. The van der Waals surface area contributed by atoms with Gasteiger partial charge in [0.15, 0.2) is 5.78 Å². The highest BCUT2D eigenvalue weighted by Crippen LogP contribution is 2.14. The molecule has 0 radical (unpaired) electrons. The van der Waals surface area contributed by atoms with Gasteiger partial charge in [0, 0.05) is 12.1 Å². The quantitative estimate of drug-likeness (QED) is 0.284. The Bertz CT molecular complexity index is 686. The molecule has 0 N–H and O–H groups in total. The average molecular weight is 366 g/mol. The monoisotopic (exact) mass is 365 g/mol. The van der Waals surface area contributed by atoms with Crippen LogP contribution in [0, 0.1) is 0 Å². The first-order valence-corrected chi connectivity index (χ1v) is 9.95. The molecule has 0 bridgehead atoms. The van der Waals surface area contributed by atoms with E-state index in [1.807, 2.05) is 60.7 Å². The lowest BCUT2D eigenvalue weighted by molar-refractivity contribution is 0.104. The lowest BCUT2D eigenvalue weighted by atomic mass is 10.1. The molecule has 2 aromatic rings. The molecule has 0 heterocycles. The van der Waals surface area contributed by atoms with E-state index in [0.717, 1.165) is 37.4 Å². The summed E-state index contributed by atoms with van der Waals surface area (Å²) >= 11 is 0. The van der Waals surface area contributed by atoms with Gasteiger partial charge in [0.1, 0.15) is 5.75 Å². The molecule has 0 aliphatic rings. The van der Waals surface area contributed by atoms with Crippen LogP contribution in [-0.2, 0) is 0 Å². The highest BCUT2D eigenvalue weighted by Gasteiger charge is 2.04. The number of nitrogens with zero attached hydrogens (tertiary/aromatic N) is 1. The van der Waals surface area contributed by atoms with Gasteiger partial charge in [-0.2, -0.15) is 0 Å². The number of hydrogen-bond acceptors (Lipinski definition) is 3. The Hall–Kier alpha value is -2.39. The third-order valence-electron chi connectivity index (χ3n) is 4.33. The molecular weight excluding hydrogens is 334 g/mol. The summed E-state index contributed by atoms with van der Waals surface area (Å²) < 4.78 is 5.82. The molecule has 144 valence electrons. The van der Waals surface area contributed by atoms with Crippen LogP contribution in [0.25, 0.3) is 6.08 Å². The van der Waals surface area contributed by atoms with E-state index in [2.05, 4.69) is 18.7 Å². The van der Waals surface area contributed by atoms with Crippen molar-refractivity contribution in [2.45, 2.75) is 33.1 Å². The maximum atomic E-state index is 12.3. The van der Waals surface area contributed by atoms with Gasteiger partial charge < -0.3 is 9.64 Å². The molecule has 0 aromatic heterocycles. The summed E-state index contributed by atoms with van der Waals surface area (Å²) in [6.45, 7) is 8.52. The molecule has 2 rings (SSSR count). The Balaban J connectivity index is 1.77. The second-order valence-corrected chi connectivity index (χ2v) is 6.68. The maximum absolute atomic E-state index is 12.3. The summed E-state index contributed by atoms with van der Waals surface area (Å²) in [5.41, 5.74) is 1.69. The van der Waals surface area contributed by atoms with E-state index in [9.17, 15) is 4.79 Å². The summed E-state index contributed by atoms with van der Waals surface area (Å²) in [6, 6.07) is 17.2. The molecule has 0 spiro atoms. The number of carbonyl (C=O) groups excluding carboxylic acids is 1. The molecule has 0 amide bonds. The number of allylic oxidation sites excluding steroid dienone is 1. The smallest absolute Gasteiger partial charge is 0.185 e. The topological polar surface area (TPSA) is 29.5 Å². The Morgan fingerprint density at radius 1 is 0.926 bits per heavy atom. The van der Waals surface area contributed by atoms with Gasteiger partial charge in [0.2, 0.25) is 0 Å². The Morgan fingerprint density at radius 2 is 1.59 bits per heavy atom. The van der Waals surface area contributed by atoms with Crippen molar-refractivity contribution >= 4 is 11.9 Å².